The minimum Gasteiger partial charge on any atom is -0.465 e. The van der Waals surface area contributed by atoms with Crippen LogP contribution in [-0.4, -0.2) is 18.9 Å². The van der Waals surface area contributed by atoms with Crippen LogP contribution in [0.2, 0.25) is 0 Å². The highest BCUT2D eigenvalue weighted by Gasteiger charge is 2.24. The fraction of sp³-hybridized carbons (Fsp3) is 0.0400. The number of hydrogen-bond acceptors (Lipinski definition) is 3. The highest BCUT2D eigenvalue weighted by atomic mass is 16.5. The standard InChI is InChI=1S/C25H18O3/c1-28-25(27)21-16-19-14-8-9-15-20(19)23(22(21)17-10-4-2-5-11-17)24(26)18-12-6-3-7-13-18/h2-16H,1H3. The summed E-state index contributed by atoms with van der Waals surface area (Å²) in [5.74, 6) is -0.590. The van der Waals surface area contributed by atoms with E-state index in [4.69, 9.17) is 4.74 Å². The van der Waals surface area contributed by atoms with Gasteiger partial charge in [0.2, 0.25) is 0 Å². The number of hydrogen-bond donors (Lipinski definition) is 0. The molecule has 0 saturated carbocycles. The normalized spacial score (nSPS) is 10.6. The lowest BCUT2D eigenvalue weighted by Gasteiger charge is -2.17. The molecule has 0 radical (unpaired) electrons. The van der Waals surface area contributed by atoms with Crippen LogP contribution in [0.4, 0.5) is 0 Å². The van der Waals surface area contributed by atoms with Gasteiger partial charge >= 0.3 is 5.97 Å². The van der Waals surface area contributed by atoms with Crippen LogP contribution < -0.4 is 0 Å². The third kappa shape index (κ3) is 3.08. The first-order valence-electron chi connectivity index (χ1n) is 9.00. The maximum absolute atomic E-state index is 13.6. The highest BCUT2D eigenvalue weighted by molar-refractivity contribution is 6.23. The Balaban J connectivity index is 2.13. The Hall–Kier alpha value is -3.72. The largest absolute Gasteiger partial charge is 0.465 e. The minimum absolute atomic E-state index is 0.124. The molecular weight excluding hydrogens is 348 g/mol. The molecule has 136 valence electrons. The minimum atomic E-state index is -0.466. The second-order valence-electron chi connectivity index (χ2n) is 6.45. The number of fused-ring (bicyclic) bond motifs is 1. The lowest BCUT2D eigenvalue weighted by Crippen LogP contribution is -2.11. The van der Waals surface area contributed by atoms with Gasteiger partial charge < -0.3 is 4.74 Å². The Labute approximate surface area is 163 Å². The van der Waals surface area contributed by atoms with Gasteiger partial charge in [0, 0.05) is 16.7 Å². The van der Waals surface area contributed by atoms with Gasteiger partial charge in [-0.2, -0.15) is 0 Å². The zero-order chi connectivity index (χ0) is 19.5. The van der Waals surface area contributed by atoms with Gasteiger partial charge in [-0.25, -0.2) is 4.79 Å². The van der Waals surface area contributed by atoms with Crippen molar-refractivity contribution in [1.82, 2.24) is 0 Å². The molecule has 0 aliphatic carbocycles. The topological polar surface area (TPSA) is 43.4 Å². The lowest BCUT2D eigenvalue weighted by molar-refractivity contribution is 0.0602. The summed E-state index contributed by atoms with van der Waals surface area (Å²) in [5, 5.41) is 1.63. The molecule has 3 heteroatoms. The summed E-state index contributed by atoms with van der Waals surface area (Å²) in [4.78, 5) is 26.2. The molecule has 0 amide bonds. The van der Waals surface area contributed by atoms with E-state index in [1.54, 1.807) is 18.2 Å². The van der Waals surface area contributed by atoms with E-state index in [-0.39, 0.29) is 5.78 Å². The molecule has 0 fully saturated rings. The highest BCUT2D eigenvalue weighted by Crippen LogP contribution is 2.36. The Kier molecular flexibility index (Phi) is 4.73. The van der Waals surface area contributed by atoms with Crippen molar-refractivity contribution in [3.05, 3.63) is 108 Å². The number of esters is 1. The molecule has 0 unspecified atom stereocenters. The number of carbonyl (C=O) groups is 2. The Morgan fingerprint density at radius 2 is 1.36 bits per heavy atom. The fourth-order valence-electron chi connectivity index (χ4n) is 3.49. The molecular formula is C25H18O3. The van der Waals surface area contributed by atoms with Crippen LogP contribution in [0.3, 0.4) is 0 Å². The Morgan fingerprint density at radius 1 is 0.750 bits per heavy atom. The molecule has 0 aliphatic rings. The second-order valence-corrected chi connectivity index (χ2v) is 6.45. The summed E-state index contributed by atoms with van der Waals surface area (Å²) >= 11 is 0. The molecule has 0 N–H and O–H groups in total. The van der Waals surface area contributed by atoms with E-state index in [1.165, 1.54) is 7.11 Å². The van der Waals surface area contributed by atoms with Crippen LogP contribution in [-0.2, 0) is 4.74 Å². The monoisotopic (exact) mass is 366 g/mol. The average Bonchev–Trinajstić information content (AvgIpc) is 2.78. The molecule has 4 aromatic carbocycles. The molecule has 0 spiro atoms. The van der Waals surface area contributed by atoms with Gasteiger partial charge in [0.05, 0.1) is 12.7 Å². The van der Waals surface area contributed by atoms with Gasteiger partial charge in [-0.05, 0) is 22.4 Å². The van der Waals surface area contributed by atoms with E-state index in [0.717, 1.165) is 16.3 Å². The van der Waals surface area contributed by atoms with Crippen molar-refractivity contribution in [2.45, 2.75) is 0 Å². The van der Waals surface area contributed by atoms with Crippen LogP contribution in [0.15, 0.2) is 91.0 Å². The molecule has 0 aromatic heterocycles. The van der Waals surface area contributed by atoms with Gasteiger partial charge in [-0.15, -0.1) is 0 Å². The number of methoxy groups -OCH3 is 1. The van der Waals surface area contributed by atoms with Crippen LogP contribution in [0.1, 0.15) is 26.3 Å². The molecule has 0 aliphatic heterocycles. The molecule has 0 atom stereocenters. The summed E-state index contributed by atoms with van der Waals surface area (Å²) in [5.41, 5.74) is 2.86. The van der Waals surface area contributed by atoms with Gasteiger partial charge in [-0.3, -0.25) is 4.79 Å². The van der Waals surface area contributed by atoms with Crippen molar-refractivity contribution in [3.8, 4) is 11.1 Å². The quantitative estimate of drug-likeness (QED) is 0.353. The molecule has 3 nitrogen and oxygen atoms in total. The predicted molar refractivity (Wildman–Crippen MR) is 111 cm³/mol. The van der Waals surface area contributed by atoms with Crippen molar-refractivity contribution in [2.75, 3.05) is 7.11 Å². The van der Waals surface area contributed by atoms with Crippen molar-refractivity contribution in [1.29, 1.82) is 0 Å². The average molecular weight is 366 g/mol. The first kappa shape index (κ1) is 17.7. The summed E-state index contributed by atoms with van der Waals surface area (Å²) in [6.07, 6.45) is 0. The summed E-state index contributed by atoms with van der Waals surface area (Å²) in [6, 6.07) is 28.0. The van der Waals surface area contributed by atoms with Gasteiger partial charge in [-0.1, -0.05) is 84.9 Å². The van der Waals surface area contributed by atoms with E-state index in [2.05, 4.69) is 0 Å². The molecule has 0 bridgehead atoms. The van der Waals surface area contributed by atoms with Crippen LogP contribution in [0.5, 0.6) is 0 Å². The lowest BCUT2D eigenvalue weighted by atomic mass is 9.86. The van der Waals surface area contributed by atoms with Crippen LogP contribution in [0.25, 0.3) is 21.9 Å². The van der Waals surface area contributed by atoms with Gasteiger partial charge in [0.25, 0.3) is 0 Å². The van der Waals surface area contributed by atoms with E-state index in [1.807, 2.05) is 72.8 Å². The van der Waals surface area contributed by atoms with Gasteiger partial charge in [0.1, 0.15) is 0 Å². The first-order chi connectivity index (χ1) is 13.7. The molecule has 0 heterocycles. The SMILES string of the molecule is COC(=O)c1cc2ccccc2c(C(=O)c2ccccc2)c1-c1ccccc1. The molecule has 4 rings (SSSR count). The van der Waals surface area contributed by atoms with E-state index >= 15 is 0 Å². The zero-order valence-corrected chi connectivity index (χ0v) is 15.4. The third-order valence-corrected chi connectivity index (χ3v) is 4.78. The summed E-state index contributed by atoms with van der Waals surface area (Å²) in [6.45, 7) is 0. The Bertz CT molecular complexity index is 1160. The molecule has 4 aromatic rings. The van der Waals surface area contributed by atoms with Crippen LogP contribution in [0, 0.1) is 0 Å². The van der Waals surface area contributed by atoms with Crippen molar-refractivity contribution in [3.63, 3.8) is 0 Å². The number of ether oxygens (including phenoxy) is 1. The predicted octanol–water partition coefficient (Wildman–Crippen LogP) is 5.52. The Morgan fingerprint density at radius 3 is 2.04 bits per heavy atom. The fourth-order valence-corrected chi connectivity index (χ4v) is 3.49. The summed E-state index contributed by atoms with van der Waals surface area (Å²) in [7, 11) is 1.35. The smallest absolute Gasteiger partial charge is 0.338 e. The molecule has 0 saturated heterocycles. The molecule has 28 heavy (non-hydrogen) atoms. The number of benzene rings is 4. The van der Waals surface area contributed by atoms with Crippen molar-refractivity contribution in [2.24, 2.45) is 0 Å². The number of carbonyl (C=O) groups excluding carboxylic acids is 2. The number of rotatable bonds is 4. The number of ketones is 1. The van der Waals surface area contributed by atoms with E-state index in [0.29, 0.717) is 22.3 Å². The van der Waals surface area contributed by atoms with Crippen molar-refractivity contribution >= 4 is 22.5 Å². The van der Waals surface area contributed by atoms with E-state index in [9.17, 15) is 9.59 Å². The third-order valence-electron chi connectivity index (χ3n) is 4.78. The maximum Gasteiger partial charge on any atom is 0.338 e. The second kappa shape index (κ2) is 7.49. The van der Waals surface area contributed by atoms with E-state index < -0.39 is 5.97 Å². The van der Waals surface area contributed by atoms with Crippen LogP contribution >= 0.6 is 0 Å². The van der Waals surface area contributed by atoms with Crippen molar-refractivity contribution < 1.29 is 14.3 Å². The van der Waals surface area contributed by atoms with Gasteiger partial charge in [0.15, 0.2) is 5.78 Å². The summed E-state index contributed by atoms with van der Waals surface area (Å²) < 4.78 is 5.04. The first-order valence-corrected chi connectivity index (χ1v) is 9.00. The zero-order valence-electron chi connectivity index (χ0n) is 15.4. The maximum atomic E-state index is 13.6.